The molecular formula is C19H23NO. The molecule has 2 heteroatoms. The molecule has 21 heavy (non-hydrogen) atoms. The van der Waals surface area contributed by atoms with Gasteiger partial charge in [0.1, 0.15) is 5.75 Å². The van der Waals surface area contributed by atoms with Crippen LogP contribution in [0.5, 0.6) is 5.75 Å². The lowest BCUT2D eigenvalue weighted by atomic mass is 9.75. The molecule has 1 saturated carbocycles. The summed E-state index contributed by atoms with van der Waals surface area (Å²) in [5.74, 6) is 1.66. The molecule has 2 aromatic carbocycles. The maximum absolute atomic E-state index is 5.30. The van der Waals surface area contributed by atoms with Crippen molar-refractivity contribution in [2.24, 2.45) is 0 Å². The third kappa shape index (κ3) is 3.05. The van der Waals surface area contributed by atoms with E-state index in [0.29, 0.717) is 12.0 Å². The number of hydrogen-bond donors (Lipinski definition) is 1. The lowest BCUT2D eigenvalue weighted by Crippen LogP contribution is -2.34. The van der Waals surface area contributed by atoms with E-state index in [1.807, 2.05) is 6.07 Å². The molecular weight excluding hydrogens is 258 g/mol. The Labute approximate surface area is 127 Å². The van der Waals surface area contributed by atoms with E-state index in [1.165, 1.54) is 35.2 Å². The quantitative estimate of drug-likeness (QED) is 0.879. The topological polar surface area (TPSA) is 21.3 Å². The van der Waals surface area contributed by atoms with Gasteiger partial charge >= 0.3 is 0 Å². The second-order valence-corrected chi connectivity index (χ2v) is 6.11. The molecule has 0 unspecified atom stereocenters. The zero-order chi connectivity index (χ0) is 14.8. The van der Waals surface area contributed by atoms with Crippen LogP contribution in [0.3, 0.4) is 0 Å². The summed E-state index contributed by atoms with van der Waals surface area (Å²) in [7, 11) is 1.72. The fraction of sp³-hybridized carbons (Fsp3) is 0.368. The fourth-order valence-electron chi connectivity index (χ4n) is 3.14. The van der Waals surface area contributed by atoms with E-state index in [-0.39, 0.29) is 0 Å². The molecule has 1 N–H and O–H groups in total. The second kappa shape index (κ2) is 5.80. The van der Waals surface area contributed by atoms with Crippen LogP contribution in [0.25, 0.3) is 0 Å². The number of nitrogens with one attached hydrogen (secondary N) is 1. The molecule has 2 nitrogen and oxygen atoms in total. The summed E-state index contributed by atoms with van der Waals surface area (Å²) in [6.45, 7) is 4.25. The van der Waals surface area contributed by atoms with E-state index >= 15 is 0 Å². The first-order valence-electron chi connectivity index (χ1n) is 7.63. The monoisotopic (exact) mass is 281 g/mol. The highest BCUT2D eigenvalue weighted by Gasteiger charge is 2.30. The summed E-state index contributed by atoms with van der Waals surface area (Å²) in [5.41, 5.74) is 5.21. The number of hydrogen-bond acceptors (Lipinski definition) is 2. The number of rotatable bonds is 4. The molecule has 0 saturated heterocycles. The van der Waals surface area contributed by atoms with E-state index < -0.39 is 0 Å². The van der Waals surface area contributed by atoms with Crippen molar-refractivity contribution in [1.82, 2.24) is 0 Å². The standard InChI is InChI=1S/C19H23NO/c1-13-5-4-6-15(9-13)16-11-18(12-16)20-17-7-8-19(21-3)14(2)10-17/h4-10,16,18,20H,11-12H2,1-3H3. The molecule has 0 atom stereocenters. The summed E-state index contributed by atoms with van der Waals surface area (Å²) < 4.78 is 5.30. The van der Waals surface area contributed by atoms with Gasteiger partial charge in [-0.25, -0.2) is 0 Å². The maximum atomic E-state index is 5.30. The molecule has 2 aromatic rings. The van der Waals surface area contributed by atoms with Gasteiger partial charge in [-0.2, -0.15) is 0 Å². The van der Waals surface area contributed by atoms with Crippen molar-refractivity contribution in [3.05, 3.63) is 59.2 Å². The summed E-state index contributed by atoms with van der Waals surface area (Å²) in [6.07, 6.45) is 2.43. The summed E-state index contributed by atoms with van der Waals surface area (Å²) in [4.78, 5) is 0. The smallest absolute Gasteiger partial charge is 0.121 e. The minimum atomic E-state index is 0.586. The van der Waals surface area contributed by atoms with Gasteiger partial charge in [0.25, 0.3) is 0 Å². The lowest BCUT2D eigenvalue weighted by Gasteiger charge is -2.37. The highest BCUT2D eigenvalue weighted by molar-refractivity contribution is 5.52. The average Bonchev–Trinajstić information content (AvgIpc) is 2.42. The van der Waals surface area contributed by atoms with E-state index in [1.54, 1.807) is 7.11 Å². The Hall–Kier alpha value is -1.96. The van der Waals surface area contributed by atoms with Gasteiger partial charge in [0, 0.05) is 11.7 Å². The third-order valence-corrected chi connectivity index (χ3v) is 4.42. The molecule has 1 aliphatic rings. The highest BCUT2D eigenvalue weighted by Crippen LogP contribution is 2.39. The van der Waals surface area contributed by atoms with E-state index in [0.717, 1.165) is 5.75 Å². The number of ether oxygens (including phenoxy) is 1. The third-order valence-electron chi connectivity index (χ3n) is 4.42. The van der Waals surface area contributed by atoms with Gasteiger partial charge in [-0.1, -0.05) is 29.8 Å². The summed E-state index contributed by atoms with van der Waals surface area (Å²) in [6, 6.07) is 15.8. The average molecular weight is 281 g/mol. The lowest BCUT2D eigenvalue weighted by molar-refractivity contribution is 0.374. The van der Waals surface area contributed by atoms with E-state index in [9.17, 15) is 0 Å². The molecule has 0 aromatic heterocycles. The van der Waals surface area contributed by atoms with Crippen molar-refractivity contribution in [3.8, 4) is 5.75 Å². The Balaban J connectivity index is 1.58. The van der Waals surface area contributed by atoms with Gasteiger partial charge < -0.3 is 10.1 Å². The van der Waals surface area contributed by atoms with Crippen LogP contribution in [0.4, 0.5) is 5.69 Å². The van der Waals surface area contributed by atoms with Gasteiger partial charge in [0.15, 0.2) is 0 Å². The molecule has 0 spiro atoms. The zero-order valence-electron chi connectivity index (χ0n) is 13.0. The van der Waals surface area contributed by atoms with E-state index in [4.69, 9.17) is 4.74 Å². The number of methoxy groups -OCH3 is 1. The molecule has 1 aliphatic carbocycles. The van der Waals surface area contributed by atoms with Gasteiger partial charge in [0.05, 0.1) is 7.11 Å². The largest absolute Gasteiger partial charge is 0.496 e. The maximum Gasteiger partial charge on any atom is 0.121 e. The van der Waals surface area contributed by atoms with Crippen LogP contribution in [0.2, 0.25) is 0 Å². The van der Waals surface area contributed by atoms with Crippen LogP contribution in [-0.2, 0) is 0 Å². The van der Waals surface area contributed by atoms with Crippen LogP contribution in [0.1, 0.15) is 35.4 Å². The van der Waals surface area contributed by atoms with Gasteiger partial charge in [-0.15, -0.1) is 0 Å². The van der Waals surface area contributed by atoms with Crippen molar-refractivity contribution in [2.75, 3.05) is 12.4 Å². The van der Waals surface area contributed by atoms with Crippen LogP contribution in [0, 0.1) is 13.8 Å². The zero-order valence-corrected chi connectivity index (χ0v) is 13.0. The SMILES string of the molecule is COc1ccc(NC2CC(c3cccc(C)c3)C2)cc1C. The van der Waals surface area contributed by atoms with Crippen molar-refractivity contribution >= 4 is 5.69 Å². The first kappa shape index (κ1) is 14.0. The number of benzene rings is 2. The Morgan fingerprint density at radius 3 is 2.52 bits per heavy atom. The molecule has 0 aliphatic heterocycles. The first-order valence-corrected chi connectivity index (χ1v) is 7.63. The molecule has 1 fully saturated rings. The van der Waals surface area contributed by atoms with Gasteiger partial charge in [0.2, 0.25) is 0 Å². The van der Waals surface area contributed by atoms with Crippen LogP contribution < -0.4 is 10.1 Å². The van der Waals surface area contributed by atoms with Gasteiger partial charge in [-0.3, -0.25) is 0 Å². The predicted molar refractivity (Wildman–Crippen MR) is 88.3 cm³/mol. The van der Waals surface area contributed by atoms with Gasteiger partial charge in [-0.05, 0) is 61.9 Å². The summed E-state index contributed by atoms with van der Waals surface area (Å²) >= 11 is 0. The molecule has 0 amide bonds. The number of aryl methyl sites for hydroxylation is 2. The fourth-order valence-corrected chi connectivity index (χ4v) is 3.14. The Kier molecular flexibility index (Phi) is 3.87. The molecule has 3 rings (SSSR count). The first-order chi connectivity index (χ1) is 10.2. The minimum Gasteiger partial charge on any atom is -0.496 e. The molecule has 0 heterocycles. The van der Waals surface area contributed by atoms with Crippen molar-refractivity contribution in [3.63, 3.8) is 0 Å². The van der Waals surface area contributed by atoms with Crippen LogP contribution in [0.15, 0.2) is 42.5 Å². The normalized spacial score (nSPS) is 20.7. The molecule has 0 bridgehead atoms. The Bertz CT molecular complexity index is 629. The number of anilines is 1. The summed E-state index contributed by atoms with van der Waals surface area (Å²) in [5, 5.41) is 3.63. The van der Waals surface area contributed by atoms with Crippen molar-refractivity contribution in [2.45, 2.75) is 38.6 Å². The van der Waals surface area contributed by atoms with Crippen LogP contribution >= 0.6 is 0 Å². The van der Waals surface area contributed by atoms with Crippen molar-refractivity contribution in [1.29, 1.82) is 0 Å². The van der Waals surface area contributed by atoms with Crippen LogP contribution in [-0.4, -0.2) is 13.2 Å². The minimum absolute atomic E-state index is 0.586. The predicted octanol–water partition coefficient (Wildman–Crippen LogP) is 4.67. The molecule has 110 valence electrons. The highest BCUT2D eigenvalue weighted by atomic mass is 16.5. The molecule has 0 radical (unpaired) electrons. The van der Waals surface area contributed by atoms with Crippen molar-refractivity contribution < 1.29 is 4.74 Å². The Morgan fingerprint density at radius 1 is 1.05 bits per heavy atom. The second-order valence-electron chi connectivity index (χ2n) is 6.11. The Morgan fingerprint density at radius 2 is 1.86 bits per heavy atom. The van der Waals surface area contributed by atoms with E-state index in [2.05, 4.69) is 55.6 Å².